The molecule has 0 bridgehead atoms. The predicted octanol–water partition coefficient (Wildman–Crippen LogP) is 5.85. The van der Waals surface area contributed by atoms with Crippen molar-refractivity contribution in [2.24, 2.45) is 0 Å². The lowest BCUT2D eigenvalue weighted by atomic mass is 10.1. The van der Waals surface area contributed by atoms with Crippen LogP contribution < -0.4 is 0 Å². The second-order valence-electron chi connectivity index (χ2n) is 3.30. The van der Waals surface area contributed by atoms with Crippen LogP contribution >= 0.6 is 38.9 Å². The Labute approximate surface area is 113 Å². The third-order valence-electron chi connectivity index (χ3n) is 2.16. The Balaban J connectivity index is 2.40. The molecule has 0 fully saturated rings. The normalized spacial score (nSPS) is 11.8. The van der Waals surface area contributed by atoms with Gasteiger partial charge in [-0.2, -0.15) is 13.2 Å². The Morgan fingerprint density at radius 3 is 2.12 bits per heavy atom. The first-order valence-corrected chi connectivity index (χ1v) is 6.55. The van der Waals surface area contributed by atoms with Crippen LogP contribution in [0.2, 0.25) is 5.02 Å². The van der Waals surface area contributed by atoms with Crippen molar-refractivity contribution < 1.29 is 13.2 Å². The first-order valence-electron chi connectivity index (χ1n) is 4.49. The number of halogens is 5. The maximum atomic E-state index is 12.4. The molecular weight excluding hydrogens is 337 g/mol. The van der Waals surface area contributed by atoms with Crippen LogP contribution in [0.15, 0.2) is 34.1 Å². The number of hydrogen-bond donors (Lipinski definition) is 0. The smallest absolute Gasteiger partial charge is 0.166 e. The summed E-state index contributed by atoms with van der Waals surface area (Å²) in [5.74, 6) is 0. The molecule has 0 N–H and O–H groups in total. The van der Waals surface area contributed by atoms with Crippen molar-refractivity contribution in [2.45, 2.75) is 6.18 Å². The number of benzene rings is 1. The molecule has 90 valence electrons. The Morgan fingerprint density at radius 1 is 1.12 bits per heavy atom. The minimum atomic E-state index is -4.30. The van der Waals surface area contributed by atoms with Gasteiger partial charge >= 0.3 is 6.18 Å². The van der Waals surface area contributed by atoms with Crippen molar-refractivity contribution in [1.82, 2.24) is 0 Å². The van der Waals surface area contributed by atoms with Crippen molar-refractivity contribution in [3.63, 3.8) is 0 Å². The van der Waals surface area contributed by atoms with Gasteiger partial charge in [0.05, 0.1) is 15.1 Å². The summed E-state index contributed by atoms with van der Waals surface area (Å²) in [5, 5.41) is 2.29. The number of thiophene rings is 1. The van der Waals surface area contributed by atoms with Gasteiger partial charge in [0.1, 0.15) is 0 Å². The summed E-state index contributed by atoms with van der Waals surface area (Å²) in [6.45, 7) is 0. The molecule has 6 heteroatoms. The van der Waals surface area contributed by atoms with Crippen LogP contribution in [0.3, 0.4) is 0 Å². The van der Waals surface area contributed by atoms with E-state index in [0.29, 0.717) is 15.1 Å². The summed E-state index contributed by atoms with van der Waals surface area (Å²) in [4.78, 5) is 0.823. The van der Waals surface area contributed by atoms with Crippen LogP contribution in [-0.2, 0) is 6.18 Å². The van der Waals surface area contributed by atoms with Crippen LogP contribution in [0.1, 0.15) is 5.56 Å². The Kier molecular flexibility index (Phi) is 3.52. The Hall–Kier alpha value is -0.520. The predicted molar refractivity (Wildman–Crippen MR) is 67.5 cm³/mol. The lowest BCUT2D eigenvalue weighted by molar-refractivity contribution is -0.137. The fraction of sp³-hybridized carbons (Fsp3) is 0.0909. The van der Waals surface area contributed by atoms with Gasteiger partial charge in [-0.3, -0.25) is 0 Å². The van der Waals surface area contributed by atoms with E-state index >= 15 is 0 Å². The van der Waals surface area contributed by atoms with Crippen LogP contribution in [-0.4, -0.2) is 0 Å². The van der Waals surface area contributed by atoms with Crippen molar-refractivity contribution in [2.75, 3.05) is 0 Å². The highest BCUT2D eigenvalue weighted by Gasteiger charge is 2.30. The zero-order valence-corrected chi connectivity index (χ0v) is 11.3. The SMILES string of the molecule is FC(F)(F)c1ccc(-c2scc(Cl)c2Br)cc1. The van der Waals surface area contributed by atoms with Crippen molar-refractivity contribution in [3.05, 3.63) is 44.7 Å². The molecule has 1 aromatic heterocycles. The van der Waals surface area contributed by atoms with Crippen LogP contribution in [0.4, 0.5) is 13.2 Å². The molecule has 0 nitrogen and oxygen atoms in total. The average Bonchev–Trinajstić information content (AvgIpc) is 2.59. The third kappa shape index (κ3) is 2.67. The maximum Gasteiger partial charge on any atom is 0.416 e. The highest BCUT2D eigenvalue weighted by molar-refractivity contribution is 9.10. The summed E-state index contributed by atoms with van der Waals surface area (Å²) in [7, 11) is 0. The van der Waals surface area contributed by atoms with E-state index < -0.39 is 11.7 Å². The minimum absolute atomic E-state index is 0.560. The van der Waals surface area contributed by atoms with E-state index in [1.54, 1.807) is 5.38 Å². The molecule has 0 saturated carbocycles. The second kappa shape index (κ2) is 4.63. The van der Waals surface area contributed by atoms with Crippen molar-refractivity contribution in [3.8, 4) is 10.4 Å². The van der Waals surface area contributed by atoms with Gasteiger partial charge in [0.25, 0.3) is 0 Å². The monoisotopic (exact) mass is 340 g/mol. The number of alkyl halides is 3. The van der Waals surface area contributed by atoms with Gasteiger partial charge in [-0.15, -0.1) is 11.3 Å². The summed E-state index contributed by atoms with van der Waals surface area (Å²) in [6.07, 6.45) is -4.30. The third-order valence-corrected chi connectivity index (χ3v) is 4.93. The molecule has 0 amide bonds. The van der Waals surface area contributed by atoms with E-state index in [2.05, 4.69) is 15.9 Å². The molecular formula is C11H5BrClF3S. The Morgan fingerprint density at radius 2 is 1.71 bits per heavy atom. The van der Waals surface area contributed by atoms with E-state index in [1.165, 1.54) is 23.5 Å². The lowest BCUT2D eigenvalue weighted by Gasteiger charge is -2.07. The second-order valence-corrected chi connectivity index (χ2v) is 5.38. The molecule has 0 aliphatic heterocycles. The molecule has 1 heterocycles. The first kappa shape index (κ1) is 12.9. The molecule has 0 aliphatic carbocycles. The number of hydrogen-bond acceptors (Lipinski definition) is 1. The van der Waals surface area contributed by atoms with Gasteiger partial charge in [-0.05, 0) is 33.6 Å². The molecule has 0 saturated heterocycles. The molecule has 2 aromatic rings. The molecule has 0 radical (unpaired) electrons. The summed E-state index contributed by atoms with van der Waals surface area (Å²) < 4.78 is 37.8. The fourth-order valence-corrected chi connectivity index (χ4v) is 3.21. The van der Waals surface area contributed by atoms with Crippen LogP contribution in [0.5, 0.6) is 0 Å². The van der Waals surface area contributed by atoms with Crippen molar-refractivity contribution in [1.29, 1.82) is 0 Å². The van der Waals surface area contributed by atoms with Gasteiger partial charge in [0.15, 0.2) is 0 Å². The fourth-order valence-electron chi connectivity index (χ4n) is 1.33. The summed E-state index contributed by atoms with van der Waals surface area (Å²) in [6, 6.07) is 5.01. The quantitative estimate of drug-likeness (QED) is 0.610. The van der Waals surface area contributed by atoms with Gasteiger partial charge in [-0.1, -0.05) is 23.7 Å². The van der Waals surface area contributed by atoms with Crippen LogP contribution in [0.25, 0.3) is 10.4 Å². The molecule has 1 aromatic carbocycles. The van der Waals surface area contributed by atoms with Crippen molar-refractivity contribution >= 4 is 38.9 Å². The standard InChI is InChI=1S/C11H5BrClF3S/c12-9-8(13)5-17-10(9)6-1-3-7(4-2-6)11(14,15)16/h1-5H. The number of rotatable bonds is 1. The minimum Gasteiger partial charge on any atom is -0.166 e. The van der Waals surface area contributed by atoms with E-state index in [0.717, 1.165) is 17.0 Å². The van der Waals surface area contributed by atoms with Gasteiger partial charge in [0.2, 0.25) is 0 Å². The molecule has 0 spiro atoms. The molecule has 0 aliphatic rings. The molecule has 17 heavy (non-hydrogen) atoms. The topological polar surface area (TPSA) is 0 Å². The molecule has 2 rings (SSSR count). The van der Waals surface area contributed by atoms with Gasteiger partial charge < -0.3 is 0 Å². The highest BCUT2D eigenvalue weighted by Crippen LogP contribution is 2.40. The lowest BCUT2D eigenvalue weighted by Crippen LogP contribution is -2.03. The van der Waals surface area contributed by atoms with E-state index in [1.807, 2.05) is 0 Å². The zero-order valence-electron chi connectivity index (χ0n) is 8.18. The zero-order chi connectivity index (χ0) is 12.6. The summed E-state index contributed by atoms with van der Waals surface area (Å²) in [5.41, 5.74) is 0.0572. The summed E-state index contributed by atoms with van der Waals surface area (Å²) >= 11 is 10.6. The van der Waals surface area contributed by atoms with Gasteiger partial charge in [-0.25, -0.2) is 0 Å². The van der Waals surface area contributed by atoms with E-state index in [9.17, 15) is 13.2 Å². The van der Waals surface area contributed by atoms with Crippen LogP contribution in [0, 0.1) is 0 Å². The largest absolute Gasteiger partial charge is 0.416 e. The van der Waals surface area contributed by atoms with E-state index in [-0.39, 0.29) is 0 Å². The highest BCUT2D eigenvalue weighted by atomic mass is 79.9. The first-order chi connectivity index (χ1) is 7.89. The molecule has 0 atom stereocenters. The van der Waals surface area contributed by atoms with E-state index in [4.69, 9.17) is 11.6 Å². The maximum absolute atomic E-state index is 12.4. The average molecular weight is 342 g/mol. The Bertz CT molecular complexity index is 531. The van der Waals surface area contributed by atoms with Gasteiger partial charge in [0, 0.05) is 10.3 Å². The molecule has 0 unspecified atom stereocenters.